The quantitative estimate of drug-likeness (QED) is 0.768. The number of nitrogens with one attached hydrogen (secondary N) is 1. The fourth-order valence-corrected chi connectivity index (χ4v) is 2.24. The van der Waals surface area contributed by atoms with Crippen LogP contribution in [0, 0.1) is 20.8 Å². The van der Waals surface area contributed by atoms with Crippen LogP contribution in [0.2, 0.25) is 0 Å². The molecule has 0 fully saturated rings. The van der Waals surface area contributed by atoms with Gasteiger partial charge in [0.1, 0.15) is 11.5 Å². The van der Waals surface area contributed by atoms with Crippen LogP contribution in [0.15, 0.2) is 4.42 Å². The maximum Gasteiger partial charge on any atom is 0.255 e. The van der Waals surface area contributed by atoms with Gasteiger partial charge >= 0.3 is 0 Å². The molecular weight excluding hydrogens is 256 g/mol. The van der Waals surface area contributed by atoms with Gasteiger partial charge < -0.3 is 9.73 Å². The fraction of sp³-hybridized carbons (Fsp3) is 0.545. The molecule has 0 aliphatic heterocycles. The summed E-state index contributed by atoms with van der Waals surface area (Å²) in [6, 6.07) is 0. The van der Waals surface area contributed by atoms with E-state index in [0.29, 0.717) is 23.5 Å². The molecule has 0 saturated carbocycles. The SMILES string of the molecule is Cc1oc(C)c(C(=O)NCCCS(N)(=O)=O)c1C. The lowest BCUT2D eigenvalue weighted by Crippen LogP contribution is -2.27. The van der Waals surface area contributed by atoms with Crippen molar-refractivity contribution in [3.05, 3.63) is 22.6 Å². The molecule has 0 bridgehead atoms. The molecule has 0 aromatic carbocycles. The number of primary sulfonamides is 1. The van der Waals surface area contributed by atoms with E-state index in [1.54, 1.807) is 13.8 Å². The minimum absolute atomic E-state index is 0.143. The molecular formula is C11H18N2O4S. The third kappa shape index (κ3) is 3.85. The van der Waals surface area contributed by atoms with Crippen molar-refractivity contribution < 1.29 is 17.6 Å². The number of furan rings is 1. The van der Waals surface area contributed by atoms with E-state index in [1.807, 2.05) is 6.92 Å². The van der Waals surface area contributed by atoms with Crippen molar-refractivity contribution in [3.63, 3.8) is 0 Å². The van der Waals surface area contributed by atoms with Gasteiger partial charge in [0.25, 0.3) is 5.91 Å². The summed E-state index contributed by atoms with van der Waals surface area (Å²) in [4.78, 5) is 11.9. The summed E-state index contributed by atoms with van der Waals surface area (Å²) in [5, 5.41) is 7.51. The summed E-state index contributed by atoms with van der Waals surface area (Å²) in [7, 11) is -3.47. The molecule has 18 heavy (non-hydrogen) atoms. The van der Waals surface area contributed by atoms with Crippen molar-refractivity contribution in [2.45, 2.75) is 27.2 Å². The minimum atomic E-state index is -3.47. The lowest BCUT2D eigenvalue weighted by atomic mass is 10.1. The van der Waals surface area contributed by atoms with Crippen LogP contribution in [-0.4, -0.2) is 26.6 Å². The second kappa shape index (κ2) is 5.53. The van der Waals surface area contributed by atoms with Gasteiger partial charge in [-0.1, -0.05) is 0 Å². The maximum atomic E-state index is 11.9. The third-order valence-electron chi connectivity index (χ3n) is 2.68. The Bertz CT molecular complexity index is 546. The zero-order valence-corrected chi connectivity index (χ0v) is 11.6. The van der Waals surface area contributed by atoms with E-state index in [-0.39, 0.29) is 18.2 Å². The largest absolute Gasteiger partial charge is 0.466 e. The molecule has 0 saturated heterocycles. The Morgan fingerprint density at radius 3 is 2.33 bits per heavy atom. The van der Waals surface area contributed by atoms with E-state index < -0.39 is 10.0 Å². The van der Waals surface area contributed by atoms with E-state index in [9.17, 15) is 13.2 Å². The van der Waals surface area contributed by atoms with E-state index in [0.717, 1.165) is 5.56 Å². The van der Waals surface area contributed by atoms with Gasteiger partial charge in [-0.05, 0) is 27.2 Å². The van der Waals surface area contributed by atoms with Gasteiger partial charge in [-0.15, -0.1) is 0 Å². The topological polar surface area (TPSA) is 102 Å². The highest BCUT2D eigenvalue weighted by Crippen LogP contribution is 2.20. The van der Waals surface area contributed by atoms with Gasteiger partial charge in [-0.3, -0.25) is 4.79 Å². The number of hydrogen-bond donors (Lipinski definition) is 2. The smallest absolute Gasteiger partial charge is 0.255 e. The summed E-state index contributed by atoms with van der Waals surface area (Å²) >= 11 is 0. The molecule has 0 atom stereocenters. The van der Waals surface area contributed by atoms with Crippen molar-refractivity contribution in [2.75, 3.05) is 12.3 Å². The molecule has 0 unspecified atom stereocenters. The van der Waals surface area contributed by atoms with Gasteiger partial charge in [0, 0.05) is 12.1 Å². The predicted octanol–water partition coefficient (Wildman–Crippen LogP) is 0.613. The molecule has 102 valence electrons. The highest BCUT2D eigenvalue weighted by molar-refractivity contribution is 7.89. The predicted molar refractivity (Wildman–Crippen MR) is 67.8 cm³/mol. The number of nitrogens with two attached hydrogens (primary N) is 1. The Labute approximate surface area is 107 Å². The maximum absolute atomic E-state index is 11.9. The molecule has 1 aromatic heterocycles. The van der Waals surface area contributed by atoms with E-state index in [1.165, 1.54) is 0 Å². The molecule has 1 heterocycles. The van der Waals surface area contributed by atoms with Crippen molar-refractivity contribution >= 4 is 15.9 Å². The second-order valence-electron chi connectivity index (χ2n) is 4.19. The second-order valence-corrected chi connectivity index (χ2v) is 5.92. The number of amides is 1. The molecule has 0 aliphatic rings. The Morgan fingerprint density at radius 1 is 1.28 bits per heavy atom. The number of hydrogen-bond acceptors (Lipinski definition) is 4. The van der Waals surface area contributed by atoms with Crippen LogP contribution in [0.25, 0.3) is 0 Å². The monoisotopic (exact) mass is 274 g/mol. The van der Waals surface area contributed by atoms with E-state index in [2.05, 4.69) is 5.32 Å². The van der Waals surface area contributed by atoms with Crippen LogP contribution in [0.3, 0.4) is 0 Å². The highest BCUT2D eigenvalue weighted by atomic mass is 32.2. The lowest BCUT2D eigenvalue weighted by molar-refractivity contribution is 0.0951. The Morgan fingerprint density at radius 2 is 1.89 bits per heavy atom. The standard InChI is InChI=1S/C11H18N2O4S/c1-7-8(2)17-9(3)10(7)11(14)13-5-4-6-18(12,15)16/h4-6H2,1-3H3,(H,13,14)(H2,12,15,16). The Kier molecular flexibility index (Phi) is 4.53. The first-order valence-corrected chi connectivity index (χ1v) is 7.29. The normalized spacial score (nSPS) is 11.6. The zero-order chi connectivity index (χ0) is 13.9. The van der Waals surface area contributed by atoms with Gasteiger partial charge in [-0.25, -0.2) is 13.6 Å². The van der Waals surface area contributed by atoms with Crippen LogP contribution < -0.4 is 10.5 Å². The lowest BCUT2D eigenvalue weighted by Gasteiger charge is -2.04. The summed E-state index contributed by atoms with van der Waals surface area (Å²) in [6.45, 7) is 5.59. The molecule has 0 radical (unpaired) electrons. The molecule has 0 spiro atoms. The number of rotatable bonds is 5. The van der Waals surface area contributed by atoms with Gasteiger partial charge in [0.15, 0.2) is 0 Å². The molecule has 1 amide bonds. The first-order chi connectivity index (χ1) is 8.22. The fourth-order valence-electron chi connectivity index (χ4n) is 1.69. The van der Waals surface area contributed by atoms with Crippen molar-refractivity contribution in [1.82, 2.24) is 5.32 Å². The average molecular weight is 274 g/mol. The highest BCUT2D eigenvalue weighted by Gasteiger charge is 2.17. The van der Waals surface area contributed by atoms with Gasteiger partial charge in [0.2, 0.25) is 10.0 Å². The number of carbonyl (C=O) groups excluding carboxylic acids is 1. The van der Waals surface area contributed by atoms with Crippen molar-refractivity contribution in [1.29, 1.82) is 0 Å². The summed E-state index contributed by atoms with van der Waals surface area (Å²) in [5.41, 5.74) is 1.32. The molecule has 1 aromatic rings. The third-order valence-corrected chi connectivity index (χ3v) is 3.54. The number of aryl methyl sites for hydroxylation is 2. The van der Waals surface area contributed by atoms with Crippen LogP contribution in [0.5, 0.6) is 0 Å². The zero-order valence-electron chi connectivity index (χ0n) is 10.7. The van der Waals surface area contributed by atoms with Crippen LogP contribution in [0.1, 0.15) is 33.9 Å². The minimum Gasteiger partial charge on any atom is -0.466 e. The summed E-state index contributed by atoms with van der Waals surface area (Å²) in [6.07, 6.45) is 0.291. The number of sulfonamides is 1. The average Bonchev–Trinajstić information content (AvgIpc) is 2.47. The van der Waals surface area contributed by atoms with Crippen LogP contribution in [0.4, 0.5) is 0 Å². The van der Waals surface area contributed by atoms with Crippen LogP contribution >= 0.6 is 0 Å². The first kappa shape index (κ1) is 14.7. The van der Waals surface area contributed by atoms with Crippen molar-refractivity contribution in [2.24, 2.45) is 5.14 Å². The molecule has 6 nitrogen and oxygen atoms in total. The first-order valence-electron chi connectivity index (χ1n) is 5.57. The van der Waals surface area contributed by atoms with Crippen molar-refractivity contribution in [3.8, 4) is 0 Å². The van der Waals surface area contributed by atoms with Gasteiger partial charge in [-0.2, -0.15) is 0 Å². The Hall–Kier alpha value is -1.34. The van der Waals surface area contributed by atoms with E-state index in [4.69, 9.17) is 9.56 Å². The summed E-state index contributed by atoms with van der Waals surface area (Å²) < 4.78 is 26.8. The van der Waals surface area contributed by atoms with Gasteiger partial charge in [0.05, 0.1) is 11.3 Å². The van der Waals surface area contributed by atoms with E-state index >= 15 is 0 Å². The number of carbonyl (C=O) groups is 1. The summed E-state index contributed by atoms with van der Waals surface area (Å²) in [5.74, 6) is 0.878. The van der Waals surface area contributed by atoms with Crippen LogP contribution in [-0.2, 0) is 10.0 Å². The Balaban J connectivity index is 2.56. The molecule has 1 rings (SSSR count). The molecule has 7 heteroatoms. The molecule has 0 aliphatic carbocycles. The molecule has 3 N–H and O–H groups in total.